The minimum absolute atomic E-state index is 0.137. The number of hydrogen-bond donors (Lipinski definition) is 1. The summed E-state index contributed by atoms with van der Waals surface area (Å²) in [6, 6.07) is 0. The van der Waals surface area contributed by atoms with Crippen molar-refractivity contribution in [3.8, 4) is 0 Å². The second kappa shape index (κ2) is 5.97. The minimum atomic E-state index is -2.89. The molecule has 1 N–H and O–H groups in total. The first kappa shape index (κ1) is 16.3. The van der Waals surface area contributed by atoms with Gasteiger partial charge in [-0.2, -0.15) is 0 Å². The molecule has 4 aliphatic rings. The van der Waals surface area contributed by atoms with Crippen LogP contribution in [0.3, 0.4) is 0 Å². The van der Waals surface area contributed by atoms with E-state index in [9.17, 15) is 13.2 Å². The smallest absolute Gasteiger partial charge is 0.164 e. The molecule has 0 aromatic rings. The number of piperidine rings is 1. The lowest BCUT2D eigenvalue weighted by molar-refractivity contribution is -0.147. The van der Waals surface area contributed by atoms with Crippen molar-refractivity contribution in [3.05, 3.63) is 23.4 Å². The van der Waals surface area contributed by atoms with Gasteiger partial charge in [0, 0.05) is 30.8 Å². The Hall–Kier alpha value is -1.18. The third-order valence-corrected chi connectivity index (χ3v) is 7.22. The number of carbonyl (C=O) groups is 1. The van der Waals surface area contributed by atoms with Crippen molar-refractivity contribution >= 4 is 15.6 Å². The van der Waals surface area contributed by atoms with Crippen molar-refractivity contribution in [1.29, 1.82) is 0 Å². The Balaban J connectivity index is 1.49. The van der Waals surface area contributed by atoms with Crippen molar-refractivity contribution in [2.75, 3.05) is 37.7 Å². The Bertz CT molecular complexity index is 690. The second-order valence-electron chi connectivity index (χ2n) is 7.24. The van der Waals surface area contributed by atoms with Crippen LogP contribution in [0, 0.1) is 0 Å². The Morgan fingerprint density at radius 3 is 2.62 bits per heavy atom. The van der Waals surface area contributed by atoms with Crippen molar-refractivity contribution < 1.29 is 17.9 Å². The van der Waals surface area contributed by atoms with Crippen LogP contribution < -0.4 is 5.32 Å². The molecule has 1 aliphatic carbocycles. The number of nitrogens with zero attached hydrogens (tertiary/aromatic N) is 1. The molecule has 1 spiro atoms. The third-order valence-electron chi connectivity index (χ3n) is 5.61. The number of ether oxygens (including phenoxy) is 1. The zero-order valence-electron chi connectivity index (χ0n) is 13.8. The number of nitrogens with one attached hydrogen (secondary N) is 1. The summed E-state index contributed by atoms with van der Waals surface area (Å²) < 4.78 is 29.5. The molecular weight excluding hydrogens is 328 g/mol. The normalized spacial score (nSPS) is 32.1. The molecule has 0 aromatic carbocycles. The molecule has 4 rings (SSSR count). The van der Waals surface area contributed by atoms with Gasteiger partial charge in [-0.25, -0.2) is 8.42 Å². The second-order valence-corrected chi connectivity index (χ2v) is 9.55. The van der Waals surface area contributed by atoms with Crippen molar-refractivity contribution in [2.45, 2.75) is 37.4 Å². The molecule has 7 heteroatoms. The molecule has 3 aliphatic heterocycles. The summed E-state index contributed by atoms with van der Waals surface area (Å²) in [6.45, 7) is 2.82. The average Bonchev–Trinajstić information content (AvgIpc) is 2.55. The number of ketones is 1. The maximum absolute atomic E-state index is 12.7. The summed E-state index contributed by atoms with van der Waals surface area (Å²) >= 11 is 0. The lowest BCUT2D eigenvalue weighted by Gasteiger charge is -2.45. The zero-order chi connectivity index (χ0) is 16.8. The summed E-state index contributed by atoms with van der Waals surface area (Å²) in [7, 11) is -2.89. The Kier molecular flexibility index (Phi) is 4.05. The number of Topliss-reactive ketones (excluding diaryl/α,β-unsaturated/α-hetero) is 1. The van der Waals surface area contributed by atoms with E-state index >= 15 is 0 Å². The predicted octanol–water partition coefficient (Wildman–Crippen LogP) is 0.411. The van der Waals surface area contributed by atoms with Gasteiger partial charge in [0.05, 0.1) is 23.2 Å². The first-order valence-electron chi connectivity index (χ1n) is 8.75. The van der Waals surface area contributed by atoms with E-state index in [1.54, 1.807) is 0 Å². The van der Waals surface area contributed by atoms with E-state index in [0.717, 1.165) is 37.2 Å². The van der Waals surface area contributed by atoms with Crippen LogP contribution in [-0.2, 0) is 19.4 Å². The zero-order valence-corrected chi connectivity index (χ0v) is 14.6. The molecule has 1 atom stereocenters. The summed E-state index contributed by atoms with van der Waals surface area (Å²) in [6.07, 6.45) is 6.85. The highest BCUT2D eigenvalue weighted by molar-refractivity contribution is 7.91. The topological polar surface area (TPSA) is 75.7 Å². The lowest BCUT2D eigenvalue weighted by atomic mass is 9.79. The van der Waals surface area contributed by atoms with E-state index in [1.807, 2.05) is 6.08 Å². The molecule has 3 fully saturated rings. The van der Waals surface area contributed by atoms with E-state index in [-0.39, 0.29) is 29.0 Å². The molecule has 0 aromatic heterocycles. The molecular formula is C17H24N2O4S. The van der Waals surface area contributed by atoms with Crippen LogP contribution in [0.2, 0.25) is 0 Å². The summed E-state index contributed by atoms with van der Waals surface area (Å²) in [5, 5.41) is 3.33. The molecule has 1 unspecified atom stereocenters. The fraction of sp³-hybridized carbons (Fsp3) is 0.706. The standard InChI is InChI=1S/C17H24N2O4S/c20-15-12-17(3-5-18-6-4-17)23-16-2-1-13(11-14(15)16)19-7-9-24(21,22)10-8-19/h1,11,16,18H,2-10,12H2. The van der Waals surface area contributed by atoms with Crippen molar-refractivity contribution in [3.63, 3.8) is 0 Å². The quantitative estimate of drug-likeness (QED) is 0.737. The summed E-state index contributed by atoms with van der Waals surface area (Å²) in [4.78, 5) is 14.8. The molecule has 6 nitrogen and oxygen atoms in total. The van der Waals surface area contributed by atoms with Crippen LogP contribution in [0.4, 0.5) is 0 Å². The van der Waals surface area contributed by atoms with Gasteiger partial charge in [0.25, 0.3) is 0 Å². The fourth-order valence-electron chi connectivity index (χ4n) is 4.14. The van der Waals surface area contributed by atoms with Crippen LogP contribution in [0.25, 0.3) is 0 Å². The van der Waals surface area contributed by atoms with Crippen molar-refractivity contribution in [1.82, 2.24) is 10.2 Å². The highest BCUT2D eigenvalue weighted by atomic mass is 32.2. The summed E-state index contributed by atoms with van der Waals surface area (Å²) in [5.41, 5.74) is 1.47. The van der Waals surface area contributed by atoms with Gasteiger partial charge < -0.3 is 15.0 Å². The molecule has 0 saturated carbocycles. The Labute approximate surface area is 142 Å². The molecule has 3 saturated heterocycles. The maximum atomic E-state index is 12.7. The number of rotatable bonds is 1. The van der Waals surface area contributed by atoms with Crippen LogP contribution in [0.15, 0.2) is 23.4 Å². The first-order chi connectivity index (χ1) is 11.5. The summed E-state index contributed by atoms with van der Waals surface area (Å²) in [5.74, 6) is 0.582. The van der Waals surface area contributed by atoms with Gasteiger partial charge in [0.15, 0.2) is 15.6 Å². The monoisotopic (exact) mass is 352 g/mol. The number of sulfone groups is 1. The van der Waals surface area contributed by atoms with Gasteiger partial charge in [-0.05, 0) is 38.4 Å². The third kappa shape index (κ3) is 3.05. The number of carbonyl (C=O) groups excluding carboxylic acids is 1. The van der Waals surface area contributed by atoms with Crippen LogP contribution in [-0.4, -0.2) is 68.5 Å². The van der Waals surface area contributed by atoms with E-state index in [1.165, 1.54) is 0 Å². The van der Waals surface area contributed by atoms with Gasteiger partial charge in [0.2, 0.25) is 0 Å². The highest BCUT2D eigenvalue weighted by Gasteiger charge is 2.45. The maximum Gasteiger partial charge on any atom is 0.164 e. The SMILES string of the molecule is O=C1CC2(CCNCC2)OC2CC=C(N3CCS(=O)(=O)CC3)C=C12. The van der Waals surface area contributed by atoms with E-state index < -0.39 is 9.84 Å². The largest absolute Gasteiger partial charge is 0.370 e. The highest BCUT2D eigenvalue weighted by Crippen LogP contribution is 2.39. The molecule has 3 heterocycles. The van der Waals surface area contributed by atoms with Crippen molar-refractivity contribution in [2.24, 2.45) is 0 Å². The number of allylic oxidation sites excluding steroid dienone is 1. The van der Waals surface area contributed by atoms with Crippen LogP contribution >= 0.6 is 0 Å². The minimum Gasteiger partial charge on any atom is -0.370 e. The molecule has 0 amide bonds. The van der Waals surface area contributed by atoms with Gasteiger partial charge in [-0.15, -0.1) is 0 Å². The van der Waals surface area contributed by atoms with Gasteiger partial charge in [0.1, 0.15) is 0 Å². The van der Waals surface area contributed by atoms with Gasteiger partial charge in [-0.1, -0.05) is 6.08 Å². The molecule has 0 bridgehead atoms. The van der Waals surface area contributed by atoms with Crippen LogP contribution in [0.5, 0.6) is 0 Å². The van der Waals surface area contributed by atoms with Gasteiger partial charge >= 0.3 is 0 Å². The Morgan fingerprint density at radius 2 is 1.92 bits per heavy atom. The molecule has 132 valence electrons. The number of hydrogen-bond acceptors (Lipinski definition) is 6. The lowest BCUT2D eigenvalue weighted by Crippen LogP contribution is -2.52. The van der Waals surface area contributed by atoms with E-state index in [4.69, 9.17) is 4.74 Å². The predicted molar refractivity (Wildman–Crippen MR) is 90.3 cm³/mol. The van der Waals surface area contributed by atoms with Gasteiger partial charge in [-0.3, -0.25) is 4.79 Å². The van der Waals surface area contributed by atoms with E-state index in [0.29, 0.717) is 25.9 Å². The molecule has 0 radical (unpaired) electrons. The number of fused-ring (bicyclic) bond motifs is 1. The average molecular weight is 352 g/mol. The molecule has 24 heavy (non-hydrogen) atoms. The van der Waals surface area contributed by atoms with Crippen LogP contribution in [0.1, 0.15) is 25.7 Å². The first-order valence-corrected chi connectivity index (χ1v) is 10.6. The Morgan fingerprint density at radius 1 is 1.21 bits per heavy atom. The van der Waals surface area contributed by atoms with E-state index in [2.05, 4.69) is 16.3 Å². The fourth-order valence-corrected chi connectivity index (χ4v) is 5.34.